The van der Waals surface area contributed by atoms with Crippen LogP contribution in [0.1, 0.15) is 35.1 Å². The number of hydrogen-bond donors (Lipinski definition) is 2. The third-order valence-electron chi connectivity index (χ3n) is 6.56. The fraction of sp³-hybridized carbons (Fsp3) is 0.360. The summed E-state index contributed by atoms with van der Waals surface area (Å²) in [7, 11) is 0. The summed E-state index contributed by atoms with van der Waals surface area (Å²) in [6.07, 6.45) is 6.88. The van der Waals surface area contributed by atoms with Gasteiger partial charge in [-0.05, 0) is 79.1 Å². The molecule has 5 nitrogen and oxygen atoms in total. The molecule has 1 unspecified atom stereocenters. The highest BCUT2D eigenvalue weighted by molar-refractivity contribution is 5.93. The minimum absolute atomic E-state index is 0.123. The van der Waals surface area contributed by atoms with E-state index in [0.717, 1.165) is 55.7 Å². The van der Waals surface area contributed by atoms with Gasteiger partial charge >= 0.3 is 0 Å². The highest BCUT2D eigenvalue weighted by Crippen LogP contribution is 2.27. The first-order valence-corrected chi connectivity index (χ1v) is 10.8. The maximum Gasteiger partial charge on any atom is 0.224 e. The third kappa shape index (κ3) is 3.83. The van der Waals surface area contributed by atoms with E-state index >= 15 is 0 Å². The molecule has 3 aromatic rings. The van der Waals surface area contributed by atoms with Gasteiger partial charge in [-0.15, -0.1) is 0 Å². The molecule has 2 aliphatic heterocycles. The van der Waals surface area contributed by atoms with E-state index < -0.39 is 0 Å². The number of benzene rings is 2. The number of aryl methyl sites for hydroxylation is 1. The SMILES string of the molecule is N#Cc1ccc2[nH]cc(CC3CCN(CCc4ccc5c(c4)CCC(=O)N5)C3)c2c1. The highest BCUT2D eigenvalue weighted by Gasteiger charge is 2.23. The molecule has 0 bridgehead atoms. The van der Waals surface area contributed by atoms with Crippen molar-refractivity contribution >= 4 is 22.5 Å². The lowest BCUT2D eigenvalue weighted by atomic mass is 9.97. The van der Waals surface area contributed by atoms with E-state index in [2.05, 4.69) is 45.7 Å². The predicted molar refractivity (Wildman–Crippen MR) is 118 cm³/mol. The van der Waals surface area contributed by atoms with Crippen molar-refractivity contribution in [2.24, 2.45) is 5.92 Å². The smallest absolute Gasteiger partial charge is 0.224 e. The van der Waals surface area contributed by atoms with E-state index in [0.29, 0.717) is 12.3 Å². The Morgan fingerprint density at radius 2 is 2.10 bits per heavy atom. The predicted octanol–water partition coefficient (Wildman–Crippen LogP) is 4.03. The van der Waals surface area contributed by atoms with Crippen LogP contribution in [0.3, 0.4) is 0 Å². The number of hydrogen-bond acceptors (Lipinski definition) is 3. The van der Waals surface area contributed by atoms with Gasteiger partial charge in [-0.1, -0.05) is 12.1 Å². The van der Waals surface area contributed by atoms with Crippen LogP contribution in [0, 0.1) is 17.2 Å². The molecule has 2 N–H and O–H groups in total. The van der Waals surface area contributed by atoms with Gasteiger partial charge in [-0.25, -0.2) is 0 Å². The molecule has 0 saturated carbocycles. The zero-order valence-corrected chi connectivity index (χ0v) is 17.1. The average Bonchev–Trinajstić information content (AvgIpc) is 3.39. The molecule has 3 heterocycles. The van der Waals surface area contributed by atoms with Crippen molar-refractivity contribution in [3.05, 3.63) is 64.8 Å². The Balaban J connectivity index is 1.18. The van der Waals surface area contributed by atoms with Gasteiger partial charge in [0.15, 0.2) is 0 Å². The number of anilines is 1. The average molecular weight is 399 g/mol. The highest BCUT2D eigenvalue weighted by atomic mass is 16.1. The van der Waals surface area contributed by atoms with Crippen LogP contribution in [0.4, 0.5) is 5.69 Å². The Morgan fingerprint density at radius 3 is 3.00 bits per heavy atom. The number of aromatic amines is 1. The molecule has 0 aliphatic carbocycles. The van der Waals surface area contributed by atoms with Crippen molar-refractivity contribution in [3.8, 4) is 6.07 Å². The van der Waals surface area contributed by atoms with Crippen molar-refractivity contribution in [2.45, 2.75) is 32.1 Å². The lowest BCUT2D eigenvalue weighted by Gasteiger charge is -2.19. The van der Waals surface area contributed by atoms with Gasteiger partial charge in [-0.3, -0.25) is 4.79 Å². The number of nitrogens with one attached hydrogen (secondary N) is 2. The molecule has 1 amide bonds. The summed E-state index contributed by atoms with van der Waals surface area (Å²) in [5, 5.41) is 13.3. The molecule has 2 aliphatic rings. The largest absolute Gasteiger partial charge is 0.361 e. The molecule has 1 aromatic heterocycles. The molecular weight excluding hydrogens is 372 g/mol. The molecule has 1 fully saturated rings. The fourth-order valence-electron chi connectivity index (χ4n) is 4.89. The summed E-state index contributed by atoms with van der Waals surface area (Å²) in [6, 6.07) is 14.6. The zero-order valence-electron chi connectivity index (χ0n) is 17.1. The van der Waals surface area contributed by atoms with Crippen LogP contribution in [-0.4, -0.2) is 35.4 Å². The van der Waals surface area contributed by atoms with E-state index in [9.17, 15) is 10.1 Å². The maximum absolute atomic E-state index is 11.5. The normalized spacial score (nSPS) is 18.9. The van der Waals surface area contributed by atoms with E-state index in [1.807, 2.05) is 18.2 Å². The first kappa shape index (κ1) is 18.9. The number of carbonyl (C=O) groups excluding carboxylic acids is 1. The first-order valence-electron chi connectivity index (χ1n) is 10.8. The van der Waals surface area contributed by atoms with E-state index in [-0.39, 0.29) is 5.91 Å². The second-order valence-electron chi connectivity index (χ2n) is 8.64. The Kier molecular flexibility index (Phi) is 5.02. The summed E-state index contributed by atoms with van der Waals surface area (Å²) >= 11 is 0. The van der Waals surface area contributed by atoms with Crippen LogP contribution in [0.5, 0.6) is 0 Å². The number of rotatable bonds is 5. The number of fused-ring (bicyclic) bond motifs is 2. The van der Waals surface area contributed by atoms with Crippen LogP contribution in [0.2, 0.25) is 0 Å². The van der Waals surface area contributed by atoms with E-state index in [1.165, 1.54) is 28.5 Å². The minimum atomic E-state index is 0.123. The van der Waals surface area contributed by atoms with Crippen molar-refractivity contribution in [1.82, 2.24) is 9.88 Å². The Morgan fingerprint density at radius 1 is 1.17 bits per heavy atom. The van der Waals surface area contributed by atoms with Gasteiger partial charge in [0, 0.05) is 42.3 Å². The summed E-state index contributed by atoms with van der Waals surface area (Å²) in [5.41, 5.74) is 6.76. The molecule has 1 saturated heterocycles. The number of carbonyl (C=O) groups is 1. The van der Waals surface area contributed by atoms with Crippen molar-refractivity contribution in [1.29, 1.82) is 5.26 Å². The summed E-state index contributed by atoms with van der Waals surface area (Å²) in [6.45, 7) is 3.36. The Labute approximate surface area is 176 Å². The second-order valence-corrected chi connectivity index (χ2v) is 8.64. The van der Waals surface area contributed by atoms with Gasteiger partial charge in [-0.2, -0.15) is 5.26 Å². The molecule has 152 valence electrons. The quantitative estimate of drug-likeness (QED) is 0.682. The number of aromatic nitrogens is 1. The zero-order chi connectivity index (χ0) is 20.5. The summed E-state index contributed by atoms with van der Waals surface area (Å²) in [5.74, 6) is 0.783. The second kappa shape index (κ2) is 7.97. The number of nitriles is 1. The summed E-state index contributed by atoms with van der Waals surface area (Å²) < 4.78 is 0. The van der Waals surface area contributed by atoms with Crippen molar-refractivity contribution in [2.75, 3.05) is 25.0 Å². The number of likely N-dealkylation sites (tertiary alicyclic amines) is 1. The third-order valence-corrected chi connectivity index (χ3v) is 6.56. The van der Waals surface area contributed by atoms with Crippen LogP contribution in [0.15, 0.2) is 42.6 Å². The monoisotopic (exact) mass is 398 g/mol. The lowest BCUT2D eigenvalue weighted by molar-refractivity contribution is -0.116. The Hall–Kier alpha value is -3.10. The van der Waals surface area contributed by atoms with Crippen LogP contribution in [-0.2, 0) is 24.1 Å². The van der Waals surface area contributed by atoms with Gasteiger partial charge in [0.05, 0.1) is 11.6 Å². The van der Waals surface area contributed by atoms with Gasteiger partial charge < -0.3 is 15.2 Å². The molecule has 30 heavy (non-hydrogen) atoms. The molecule has 2 aromatic carbocycles. The van der Waals surface area contributed by atoms with E-state index in [4.69, 9.17) is 0 Å². The van der Waals surface area contributed by atoms with Crippen LogP contribution < -0.4 is 5.32 Å². The standard InChI is InChI=1S/C25H26N4O/c26-14-18-2-5-24-22(13-18)21(15-27-24)12-19-8-10-29(16-19)9-7-17-1-4-23-20(11-17)3-6-25(30)28-23/h1-2,4-5,11,13,15,19,27H,3,6-10,12,16H2,(H,28,30). The number of amides is 1. The molecule has 1 atom stereocenters. The molecular formula is C25H26N4O. The molecule has 5 heteroatoms. The van der Waals surface area contributed by atoms with Crippen molar-refractivity contribution < 1.29 is 4.79 Å². The van der Waals surface area contributed by atoms with Crippen LogP contribution in [0.25, 0.3) is 10.9 Å². The Bertz CT molecular complexity index is 1140. The number of nitrogens with zero attached hydrogens (tertiary/aromatic N) is 2. The molecule has 0 spiro atoms. The van der Waals surface area contributed by atoms with Gasteiger partial charge in [0.25, 0.3) is 0 Å². The topological polar surface area (TPSA) is 71.9 Å². The first-order chi connectivity index (χ1) is 14.7. The van der Waals surface area contributed by atoms with E-state index in [1.54, 1.807) is 0 Å². The maximum atomic E-state index is 11.5. The van der Waals surface area contributed by atoms with Crippen LogP contribution >= 0.6 is 0 Å². The summed E-state index contributed by atoms with van der Waals surface area (Å²) in [4.78, 5) is 17.4. The van der Waals surface area contributed by atoms with Gasteiger partial charge in [0.1, 0.15) is 0 Å². The number of H-pyrrole nitrogens is 1. The minimum Gasteiger partial charge on any atom is -0.361 e. The molecule has 5 rings (SSSR count). The van der Waals surface area contributed by atoms with Gasteiger partial charge in [0.2, 0.25) is 5.91 Å². The molecule has 0 radical (unpaired) electrons. The fourth-order valence-corrected chi connectivity index (χ4v) is 4.89. The van der Waals surface area contributed by atoms with Crippen molar-refractivity contribution in [3.63, 3.8) is 0 Å². The lowest BCUT2D eigenvalue weighted by Crippen LogP contribution is -2.24.